The van der Waals surface area contributed by atoms with Gasteiger partial charge in [0.1, 0.15) is 12.4 Å². The highest BCUT2D eigenvalue weighted by Gasteiger charge is 2.30. The van der Waals surface area contributed by atoms with Gasteiger partial charge in [0.05, 0.1) is 9.92 Å². The molecule has 0 amide bonds. The first-order chi connectivity index (χ1) is 9.07. The second-order valence-electron chi connectivity index (χ2n) is 3.85. The van der Waals surface area contributed by atoms with Gasteiger partial charge in [0.15, 0.2) is 0 Å². The van der Waals surface area contributed by atoms with Crippen LogP contribution < -0.4 is 10.0 Å². The van der Waals surface area contributed by atoms with E-state index in [1.165, 1.54) is 11.8 Å². The number of hydrogen-bond acceptors (Lipinski definition) is 3. The van der Waals surface area contributed by atoms with E-state index in [9.17, 15) is 26.0 Å². The Balaban J connectivity index is 3.12. The van der Waals surface area contributed by atoms with E-state index in [-0.39, 0.29) is 17.1 Å². The third-order valence-corrected chi connectivity index (χ3v) is 4.02. The highest BCUT2D eigenvalue weighted by atomic mass is 35.5. The topological polar surface area (TPSA) is 58.2 Å². The molecule has 0 atom stereocenters. The van der Waals surface area contributed by atoms with Gasteiger partial charge in [0.25, 0.3) is 0 Å². The minimum Gasteiger partial charge on any atom is -0.316 e. The molecule has 1 aromatic carbocycles. The van der Waals surface area contributed by atoms with E-state index in [1.807, 2.05) is 0 Å². The molecule has 1 aromatic rings. The Morgan fingerprint density at radius 2 is 1.90 bits per heavy atom. The number of nitrogens with one attached hydrogen (secondary N) is 2. The Morgan fingerprint density at radius 3 is 2.40 bits per heavy atom. The number of halogens is 5. The van der Waals surface area contributed by atoms with Crippen molar-refractivity contribution in [2.24, 2.45) is 0 Å². The molecular weight excluding hydrogens is 324 g/mol. The maximum absolute atomic E-state index is 13.5. The molecule has 20 heavy (non-hydrogen) atoms. The fraction of sp³-hybridized carbons (Fsp3) is 0.400. The molecule has 0 fully saturated rings. The molecule has 2 N–H and O–H groups in total. The number of alkyl halides is 3. The van der Waals surface area contributed by atoms with E-state index in [0.717, 1.165) is 6.07 Å². The summed E-state index contributed by atoms with van der Waals surface area (Å²) in [6.07, 6.45) is -4.70. The molecule has 114 valence electrons. The van der Waals surface area contributed by atoms with Crippen molar-refractivity contribution in [2.75, 3.05) is 13.6 Å². The lowest BCUT2D eigenvalue weighted by Crippen LogP contribution is -2.33. The fourth-order valence-electron chi connectivity index (χ4n) is 1.35. The lowest BCUT2D eigenvalue weighted by Gasteiger charge is -2.12. The molecule has 0 spiro atoms. The summed E-state index contributed by atoms with van der Waals surface area (Å²) >= 11 is 5.63. The highest BCUT2D eigenvalue weighted by Crippen LogP contribution is 2.24. The van der Waals surface area contributed by atoms with Crippen molar-refractivity contribution in [3.05, 3.63) is 28.5 Å². The molecule has 0 saturated carbocycles. The summed E-state index contributed by atoms with van der Waals surface area (Å²) in [5, 5.41) is 2.36. The molecule has 10 heteroatoms. The van der Waals surface area contributed by atoms with Crippen LogP contribution in [0.4, 0.5) is 17.6 Å². The number of benzene rings is 1. The Labute approximate surface area is 118 Å². The van der Waals surface area contributed by atoms with Gasteiger partial charge < -0.3 is 5.32 Å². The molecule has 0 bridgehead atoms. The zero-order valence-electron chi connectivity index (χ0n) is 10.2. The molecular formula is C10H11ClF4N2O2S. The van der Waals surface area contributed by atoms with Gasteiger partial charge in [-0.05, 0) is 24.7 Å². The van der Waals surface area contributed by atoms with Crippen molar-refractivity contribution in [3.8, 4) is 0 Å². The Kier molecular flexibility index (Phi) is 5.36. The molecule has 0 aliphatic heterocycles. The van der Waals surface area contributed by atoms with Gasteiger partial charge in [-0.1, -0.05) is 11.6 Å². The smallest absolute Gasteiger partial charge is 0.316 e. The summed E-state index contributed by atoms with van der Waals surface area (Å²) in [5.41, 5.74) is 0.126. The van der Waals surface area contributed by atoms with Crippen LogP contribution in [0.3, 0.4) is 0 Å². The molecule has 0 radical (unpaired) electrons. The van der Waals surface area contributed by atoms with Gasteiger partial charge in [0, 0.05) is 6.54 Å². The van der Waals surface area contributed by atoms with E-state index in [4.69, 9.17) is 11.6 Å². The average molecular weight is 335 g/mol. The zero-order chi connectivity index (χ0) is 15.6. The van der Waals surface area contributed by atoms with E-state index in [2.05, 4.69) is 5.32 Å². The quantitative estimate of drug-likeness (QED) is 0.810. The highest BCUT2D eigenvalue weighted by molar-refractivity contribution is 7.89. The van der Waals surface area contributed by atoms with Crippen LogP contribution in [0.1, 0.15) is 5.56 Å². The van der Waals surface area contributed by atoms with Crippen LogP contribution in [0.25, 0.3) is 0 Å². The summed E-state index contributed by atoms with van der Waals surface area (Å²) in [5.74, 6) is -1.02. The maximum atomic E-state index is 13.5. The van der Waals surface area contributed by atoms with E-state index >= 15 is 0 Å². The molecule has 0 heterocycles. The van der Waals surface area contributed by atoms with Gasteiger partial charge in [-0.3, -0.25) is 0 Å². The number of hydrogen-bond donors (Lipinski definition) is 2. The summed E-state index contributed by atoms with van der Waals surface area (Å²) in [6.45, 7) is -1.67. The SMILES string of the molecule is CNCc1cc(S(=O)(=O)NCC(F)(F)F)cc(F)c1Cl. The van der Waals surface area contributed by atoms with Gasteiger partial charge in [0.2, 0.25) is 10.0 Å². The normalized spacial score (nSPS) is 12.7. The van der Waals surface area contributed by atoms with Crippen molar-refractivity contribution in [1.29, 1.82) is 0 Å². The van der Waals surface area contributed by atoms with Crippen LogP contribution in [0, 0.1) is 5.82 Å². The van der Waals surface area contributed by atoms with Crippen molar-refractivity contribution >= 4 is 21.6 Å². The Morgan fingerprint density at radius 1 is 1.30 bits per heavy atom. The number of rotatable bonds is 5. The third-order valence-electron chi connectivity index (χ3n) is 2.22. The van der Waals surface area contributed by atoms with E-state index < -0.39 is 33.5 Å². The van der Waals surface area contributed by atoms with E-state index in [1.54, 1.807) is 0 Å². The van der Waals surface area contributed by atoms with Crippen molar-refractivity contribution < 1.29 is 26.0 Å². The van der Waals surface area contributed by atoms with Gasteiger partial charge in [-0.25, -0.2) is 17.5 Å². The van der Waals surface area contributed by atoms with Crippen molar-refractivity contribution in [3.63, 3.8) is 0 Å². The first kappa shape index (κ1) is 17.2. The summed E-state index contributed by atoms with van der Waals surface area (Å²) in [7, 11) is -2.94. The lowest BCUT2D eigenvalue weighted by atomic mass is 10.2. The average Bonchev–Trinajstić information content (AvgIpc) is 2.32. The molecule has 0 unspecified atom stereocenters. The monoisotopic (exact) mass is 334 g/mol. The summed E-state index contributed by atoms with van der Waals surface area (Å²) in [4.78, 5) is -0.617. The molecule has 0 saturated heterocycles. The first-order valence-corrected chi connectivity index (χ1v) is 7.12. The summed E-state index contributed by atoms with van der Waals surface area (Å²) < 4.78 is 74.2. The molecule has 1 rings (SSSR count). The second-order valence-corrected chi connectivity index (χ2v) is 5.99. The maximum Gasteiger partial charge on any atom is 0.402 e. The van der Waals surface area contributed by atoms with Gasteiger partial charge in [-0.2, -0.15) is 13.2 Å². The Bertz CT molecular complexity index is 590. The summed E-state index contributed by atoms with van der Waals surface area (Å²) in [6, 6.07) is 1.58. The predicted octanol–water partition coefficient (Wildman–Crippen LogP) is 2.04. The van der Waals surface area contributed by atoms with Crippen LogP contribution in [0.15, 0.2) is 17.0 Å². The standard InChI is InChI=1S/C10H11ClF4N2O2S/c1-16-4-6-2-7(3-8(12)9(6)11)20(18,19)17-5-10(13,14)15/h2-3,16-17H,4-5H2,1H3. The van der Waals surface area contributed by atoms with Crippen molar-refractivity contribution in [1.82, 2.24) is 10.0 Å². The third kappa shape index (κ3) is 4.58. The van der Waals surface area contributed by atoms with E-state index in [0.29, 0.717) is 6.07 Å². The first-order valence-electron chi connectivity index (χ1n) is 5.26. The zero-order valence-corrected chi connectivity index (χ0v) is 11.8. The van der Waals surface area contributed by atoms with Crippen LogP contribution in [-0.2, 0) is 16.6 Å². The Hall–Kier alpha value is -0.900. The van der Waals surface area contributed by atoms with Crippen LogP contribution >= 0.6 is 11.6 Å². The molecule has 0 aliphatic carbocycles. The minimum absolute atomic E-state index is 0.0678. The fourth-order valence-corrected chi connectivity index (χ4v) is 2.61. The van der Waals surface area contributed by atoms with Gasteiger partial charge in [-0.15, -0.1) is 0 Å². The minimum atomic E-state index is -4.70. The van der Waals surface area contributed by atoms with Gasteiger partial charge >= 0.3 is 6.18 Å². The molecule has 4 nitrogen and oxygen atoms in total. The largest absolute Gasteiger partial charge is 0.402 e. The van der Waals surface area contributed by atoms with Crippen LogP contribution in [0.2, 0.25) is 5.02 Å². The molecule has 0 aliphatic rings. The van der Waals surface area contributed by atoms with Crippen molar-refractivity contribution in [2.45, 2.75) is 17.6 Å². The van der Waals surface area contributed by atoms with Crippen LogP contribution in [0.5, 0.6) is 0 Å². The molecule has 0 aromatic heterocycles. The predicted molar refractivity (Wildman–Crippen MR) is 65.4 cm³/mol. The second kappa shape index (κ2) is 6.25. The lowest BCUT2D eigenvalue weighted by molar-refractivity contribution is -0.121. The van der Waals surface area contributed by atoms with Crippen LogP contribution in [-0.4, -0.2) is 28.2 Å². The number of sulfonamides is 1.